The summed E-state index contributed by atoms with van der Waals surface area (Å²) < 4.78 is 14.4. The number of imidazole rings is 1. The molecular formula is C24H25N3O3. The number of amides is 1. The van der Waals surface area contributed by atoms with Crippen LogP contribution in [0.5, 0.6) is 5.75 Å². The van der Waals surface area contributed by atoms with Crippen molar-refractivity contribution in [1.29, 1.82) is 0 Å². The van der Waals surface area contributed by atoms with Crippen molar-refractivity contribution in [2.45, 2.75) is 44.2 Å². The molecule has 1 saturated carbocycles. The van der Waals surface area contributed by atoms with E-state index < -0.39 is 5.60 Å². The quantitative estimate of drug-likeness (QED) is 0.661. The van der Waals surface area contributed by atoms with E-state index >= 15 is 0 Å². The number of carbonyl (C=O) groups is 1. The second kappa shape index (κ2) is 6.76. The van der Waals surface area contributed by atoms with Crippen molar-refractivity contribution in [2.24, 2.45) is 5.92 Å². The van der Waals surface area contributed by atoms with Crippen LogP contribution in [0, 0.1) is 5.92 Å². The van der Waals surface area contributed by atoms with Crippen LogP contribution in [0.1, 0.15) is 37.1 Å². The predicted octanol–water partition coefficient (Wildman–Crippen LogP) is 4.01. The fraction of sp³-hybridized carbons (Fsp3) is 0.417. The number of piperidine rings is 1. The number of likely N-dealkylation sites (tertiary alicyclic amines) is 1. The van der Waals surface area contributed by atoms with Gasteiger partial charge in [-0.1, -0.05) is 12.1 Å². The van der Waals surface area contributed by atoms with Gasteiger partial charge in [-0.25, -0.2) is 4.98 Å². The maximum absolute atomic E-state index is 12.8. The summed E-state index contributed by atoms with van der Waals surface area (Å²) >= 11 is 0. The Balaban J connectivity index is 1.29. The molecule has 6 rings (SSSR count). The second-order valence-electron chi connectivity index (χ2n) is 8.77. The number of nitrogens with zero attached hydrogens (tertiary/aromatic N) is 3. The van der Waals surface area contributed by atoms with E-state index in [0.717, 1.165) is 42.3 Å². The molecule has 1 saturated heterocycles. The summed E-state index contributed by atoms with van der Waals surface area (Å²) in [6.07, 6.45) is 8.06. The molecule has 30 heavy (non-hydrogen) atoms. The van der Waals surface area contributed by atoms with Gasteiger partial charge >= 0.3 is 0 Å². The molecule has 0 bridgehead atoms. The molecule has 0 unspecified atom stereocenters. The standard InChI is InChI=1S/C24H25N3O3/c28-21(14-18-4-3-13-29-18)26-11-9-24(10-12-26)23-22(19-5-1-2-6-20(19)30-24)25-16-27(23)15-17-7-8-17/h1-6,13,16-17H,7-12,14-15H2. The molecule has 2 aromatic heterocycles. The molecule has 6 nitrogen and oxygen atoms in total. The van der Waals surface area contributed by atoms with Gasteiger partial charge in [0.2, 0.25) is 5.91 Å². The fourth-order valence-corrected chi connectivity index (χ4v) is 4.91. The number of hydrogen-bond donors (Lipinski definition) is 0. The highest BCUT2D eigenvalue weighted by Crippen LogP contribution is 2.49. The molecule has 2 aliphatic heterocycles. The number of aromatic nitrogens is 2. The van der Waals surface area contributed by atoms with Crippen LogP contribution in [0.15, 0.2) is 53.4 Å². The minimum atomic E-state index is -0.420. The van der Waals surface area contributed by atoms with E-state index in [0.29, 0.717) is 25.3 Å². The Morgan fingerprint density at radius 2 is 1.97 bits per heavy atom. The van der Waals surface area contributed by atoms with Crippen LogP contribution in [0.4, 0.5) is 0 Å². The van der Waals surface area contributed by atoms with Crippen LogP contribution in [0.25, 0.3) is 11.3 Å². The summed E-state index contributed by atoms with van der Waals surface area (Å²) in [5, 5.41) is 0. The van der Waals surface area contributed by atoms with Crippen LogP contribution < -0.4 is 4.74 Å². The summed E-state index contributed by atoms with van der Waals surface area (Å²) in [5.74, 6) is 2.49. The van der Waals surface area contributed by atoms with Gasteiger partial charge in [-0.2, -0.15) is 0 Å². The van der Waals surface area contributed by atoms with E-state index in [2.05, 4.69) is 10.6 Å². The molecule has 2 fully saturated rings. The molecule has 1 aliphatic carbocycles. The third kappa shape index (κ3) is 2.93. The average Bonchev–Trinajstić information content (AvgIpc) is 3.23. The summed E-state index contributed by atoms with van der Waals surface area (Å²) in [6.45, 7) is 2.36. The van der Waals surface area contributed by atoms with E-state index in [1.165, 1.54) is 18.5 Å². The van der Waals surface area contributed by atoms with Crippen molar-refractivity contribution in [1.82, 2.24) is 14.5 Å². The first-order valence-corrected chi connectivity index (χ1v) is 10.9. The molecule has 3 aromatic rings. The van der Waals surface area contributed by atoms with Gasteiger partial charge in [0.1, 0.15) is 11.5 Å². The van der Waals surface area contributed by atoms with Crippen LogP contribution in [0.2, 0.25) is 0 Å². The molecule has 6 heteroatoms. The first kappa shape index (κ1) is 17.8. The Hall–Kier alpha value is -3.02. The molecule has 0 atom stereocenters. The zero-order valence-electron chi connectivity index (χ0n) is 16.9. The number of hydrogen-bond acceptors (Lipinski definition) is 4. The van der Waals surface area contributed by atoms with Crippen LogP contribution in [-0.2, 0) is 23.4 Å². The molecule has 3 aliphatic rings. The number of furan rings is 1. The molecule has 0 N–H and O–H groups in total. The number of benzene rings is 1. The maximum Gasteiger partial charge on any atom is 0.230 e. The Morgan fingerprint density at radius 3 is 2.73 bits per heavy atom. The molecule has 0 radical (unpaired) electrons. The molecule has 1 spiro atoms. The van der Waals surface area contributed by atoms with Gasteiger partial charge in [0.05, 0.1) is 30.4 Å². The van der Waals surface area contributed by atoms with Crippen LogP contribution in [-0.4, -0.2) is 33.4 Å². The summed E-state index contributed by atoms with van der Waals surface area (Å²) in [7, 11) is 0. The Bertz CT molecular complexity index is 1070. The van der Waals surface area contributed by atoms with E-state index in [4.69, 9.17) is 14.1 Å². The van der Waals surface area contributed by atoms with Crippen molar-refractivity contribution in [3.05, 3.63) is 60.4 Å². The van der Waals surface area contributed by atoms with Crippen molar-refractivity contribution in [2.75, 3.05) is 13.1 Å². The zero-order chi connectivity index (χ0) is 20.1. The topological polar surface area (TPSA) is 60.5 Å². The Kier molecular flexibility index (Phi) is 4.01. The van der Waals surface area contributed by atoms with E-state index in [9.17, 15) is 4.79 Å². The van der Waals surface area contributed by atoms with E-state index in [1.807, 2.05) is 41.6 Å². The average molecular weight is 403 g/mol. The molecular weight excluding hydrogens is 378 g/mol. The van der Waals surface area contributed by atoms with E-state index in [1.54, 1.807) is 6.26 Å². The predicted molar refractivity (Wildman–Crippen MR) is 111 cm³/mol. The normalized spacial score (nSPS) is 19.3. The highest BCUT2D eigenvalue weighted by molar-refractivity contribution is 5.78. The van der Waals surface area contributed by atoms with Gasteiger partial charge in [-0.3, -0.25) is 4.79 Å². The third-order valence-electron chi connectivity index (χ3n) is 6.70. The van der Waals surface area contributed by atoms with Gasteiger partial charge < -0.3 is 18.6 Å². The molecule has 1 amide bonds. The lowest BCUT2D eigenvalue weighted by Crippen LogP contribution is -2.50. The lowest BCUT2D eigenvalue weighted by atomic mass is 9.83. The summed E-state index contributed by atoms with van der Waals surface area (Å²) in [5.41, 5.74) is 2.90. The first-order valence-electron chi connectivity index (χ1n) is 10.9. The highest BCUT2D eigenvalue weighted by Gasteiger charge is 2.47. The smallest absolute Gasteiger partial charge is 0.230 e. The Morgan fingerprint density at radius 1 is 1.13 bits per heavy atom. The van der Waals surface area contributed by atoms with Crippen LogP contribution in [0.3, 0.4) is 0 Å². The van der Waals surface area contributed by atoms with Crippen molar-refractivity contribution in [3.8, 4) is 17.0 Å². The lowest BCUT2D eigenvalue weighted by molar-refractivity contribution is -0.134. The van der Waals surface area contributed by atoms with Gasteiger partial charge in [-0.05, 0) is 43.0 Å². The minimum absolute atomic E-state index is 0.114. The van der Waals surface area contributed by atoms with E-state index in [-0.39, 0.29) is 5.91 Å². The Labute approximate surface area is 175 Å². The third-order valence-corrected chi connectivity index (χ3v) is 6.70. The van der Waals surface area contributed by atoms with Crippen molar-refractivity contribution in [3.63, 3.8) is 0 Å². The highest BCUT2D eigenvalue weighted by atomic mass is 16.5. The number of carbonyl (C=O) groups excluding carboxylic acids is 1. The monoisotopic (exact) mass is 403 g/mol. The van der Waals surface area contributed by atoms with Crippen LogP contribution >= 0.6 is 0 Å². The number of fused-ring (bicyclic) bond motifs is 4. The van der Waals surface area contributed by atoms with Gasteiger partial charge in [0, 0.05) is 38.0 Å². The minimum Gasteiger partial charge on any atom is -0.480 e. The zero-order valence-corrected chi connectivity index (χ0v) is 16.9. The maximum atomic E-state index is 12.8. The fourth-order valence-electron chi connectivity index (χ4n) is 4.91. The summed E-state index contributed by atoms with van der Waals surface area (Å²) in [6, 6.07) is 11.9. The van der Waals surface area contributed by atoms with Crippen molar-refractivity contribution >= 4 is 5.91 Å². The molecule has 154 valence electrons. The number of rotatable bonds is 4. The number of ether oxygens (including phenoxy) is 1. The van der Waals surface area contributed by atoms with Gasteiger partial charge in [-0.15, -0.1) is 0 Å². The first-order chi connectivity index (χ1) is 14.7. The SMILES string of the molecule is O=C(Cc1ccco1)N1CCC2(CC1)Oc1ccccc1-c1ncn(CC3CC3)c12. The lowest BCUT2D eigenvalue weighted by Gasteiger charge is -2.44. The molecule has 1 aromatic carbocycles. The molecule has 4 heterocycles. The van der Waals surface area contributed by atoms with Gasteiger partial charge in [0.15, 0.2) is 5.60 Å². The number of para-hydroxylation sites is 1. The largest absolute Gasteiger partial charge is 0.480 e. The summed E-state index contributed by atoms with van der Waals surface area (Å²) in [4.78, 5) is 19.5. The van der Waals surface area contributed by atoms with Gasteiger partial charge in [0.25, 0.3) is 0 Å². The van der Waals surface area contributed by atoms with Crippen molar-refractivity contribution < 1.29 is 13.9 Å². The second-order valence-corrected chi connectivity index (χ2v) is 8.77.